The van der Waals surface area contributed by atoms with Crippen LogP contribution in [0.2, 0.25) is 0 Å². The van der Waals surface area contributed by atoms with E-state index in [1.165, 1.54) is 11.1 Å². The molecule has 1 aliphatic heterocycles. The van der Waals surface area contributed by atoms with Crippen LogP contribution in [0.5, 0.6) is 5.75 Å². The number of aromatic nitrogens is 1. The Morgan fingerprint density at radius 1 is 1.27 bits per heavy atom. The van der Waals surface area contributed by atoms with Crippen molar-refractivity contribution in [3.63, 3.8) is 0 Å². The lowest BCUT2D eigenvalue weighted by molar-refractivity contribution is 0.193. The van der Waals surface area contributed by atoms with Crippen LogP contribution in [0.25, 0.3) is 21.0 Å². The van der Waals surface area contributed by atoms with Crippen LogP contribution in [0.3, 0.4) is 0 Å². The van der Waals surface area contributed by atoms with Crippen molar-refractivity contribution in [2.24, 2.45) is 0 Å². The smallest absolute Gasteiger partial charge is 0.212 e. The number of nitriles is 1. The SMILES string of the molecule is CC(C)Oc1ccc(-c2ncc(-c3cccc4c3CC[C@@H]4CNS(=O)(=O)CCN3CCC3)s2)cc1C#N. The molecule has 9 heteroatoms. The number of nitrogens with one attached hydrogen (secondary N) is 1. The average Bonchev–Trinajstić information content (AvgIpc) is 3.49. The third-order valence-corrected chi connectivity index (χ3v) is 9.46. The predicted molar refractivity (Wildman–Crippen MR) is 147 cm³/mol. The van der Waals surface area contributed by atoms with E-state index in [0.29, 0.717) is 24.4 Å². The highest BCUT2D eigenvalue weighted by Crippen LogP contribution is 2.42. The molecule has 7 nitrogen and oxygen atoms in total. The third-order valence-electron chi connectivity index (χ3n) is 7.05. The molecule has 1 aromatic heterocycles. The van der Waals surface area contributed by atoms with Crippen LogP contribution in [0, 0.1) is 11.3 Å². The summed E-state index contributed by atoms with van der Waals surface area (Å²) >= 11 is 1.60. The summed E-state index contributed by atoms with van der Waals surface area (Å²) in [6.45, 7) is 6.94. The number of likely N-dealkylation sites (tertiary alicyclic amines) is 1. The number of hydrogen-bond donors (Lipinski definition) is 1. The van der Waals surface area contributed by atoms with Crippen molar-refractivity contribution >= 4 is 21.4 Å². The summed E-state index contributed by atoms with van der Waals surface area (Å²) in [4.78, 5) is 7.91. The van der Waals surface area contributed by atoms with E-state index >= 15 is 0 Å². The zero-order valence-electron chi connectivity index (χ0n) is 21.2. The van der Waals surface area contributed by atoms with Crippen molar-refractivity contribution in [2.75, 3.05) is 31.9 Å². The normalized spacial score (nSPS) is 17.4. The predicted octanol–water partition coefficient (Wildman–Crippen LogP) is 4.79. The molecule has 2 aromatic carbocycles. The molecule has 37 heavy (non-hydrogen) atoms. The van der Waals surface area contributed by atoms with Crippen LogP contribution < -0.4 is 9.46 Å². The number of thiazole rings is 1. The first-order valence-electron chi connectivity index (χ1n) is 12.8. The molecule has 0 bridgehead atoms. The van der Waals surface area contributed by atoms with Crippen LogP contribution in [0.15, 0.2) is 42.6 Å². The van der Waals surface area contributed by atoms with Crippen LogP contribution in [-0.4, -0.2) is 56.3 Å². The fourth-order valence-corrected chi connectivity index (χ4v) is 7.04. The molecule has 3 aromatic rings. The van der Waals surface area contributed by atoms with Gasteiger partial charge in [-0.1, -0.05) is 18.2 Å². The lowest BCUT2D eigenvalue weighted by atomic mass is 9.98. The summed E-state index contributed by atoms with van der Waals surface area (Å²) in [5, 5.41) is 10.4. The van der Waals surface area contributed by atoms with Gasteiger partial charge in [0, 0.05) is 24.8 Å². The highest BCUT2D eigenvalue weighted by molar-refractivity contribution is 7.89. The van der Waals surface area contributed by atoms with Crippen molar-refractivity contribution in [1.82, 2.24) is 14.6 Å². The van der Waals surface area contributed by atoms with Gasteiger partial charge in [0.25, 0.3) is 0 Å². The maximum absolute atomic E-state index is 12.5. The number of benzene rings is 2. The maximum atomic E-state index is 12.5. The Balaban J connectivity index is 1.31. The van der Waals surface area contributed by atoms with Crippen molar-refractivity contribution in [3.05, 3.63) is 59.3 Å². The number of ether oxygens (including phenoxy) is 1. The fraction of sp³-hybridized carbons (Fsp3) is 0.429. The third kappa shape index (κ3) is 5.88. The molecule has 5 rings (SSSR count). The zero-order chi connectivity index (χ0) is 26.0. The van der Waals surface area contributed by atoms with E-state index in [9.17, 15) is 13.7 Å². The summed E-state index contributed by atoms with van der Waals surface area (Å²) < 4.78 is 33.6. The van der Waals surface area contributed by atoms with Gasteiger partial charge in [-0.25, -0.2) is 18.1 Å². The molecule has 1 fully saturated rings. The van der Waals surface area contributed by atoms with Crippen LogP contribution in [0.4, 0.5) is 0 Å². The standard InChI is InChI=1S/C28H32N4O3S2/c1-19(2)35-26-10-8-20(15-22(26)16-29)28-30-18-27(36-28)25-6-3-5-23-21(7-9-24(23)25)17-31-37(33,34)14-13-32-11-4-12-32/h3,5-6,8,10,15,18-19,21,31H,4,7,9,11-14,17H2,1-2H3/t21-/m1/s1. The Morgan fingerprint density at radius 2 is 2.11 bits per heavy atom. The van der Waals surface area contributed by atoms with Crippen LogP contribution in [0.1, 0.15) is 49.3 Å². The van der Waals surface area contributed by atoms with Gasteiger partial charge < -0.3 is 9.64 Å². The molecule has 2 heterocycles. The quantitative estimate of drug-likeness (QED) is 0.400. The number of sulfonamides is 1. The Kier molecular flexibility index (Phi) is 7.63. The monoisotopic (exact) mass is 536 g/mol. The first-order valence-corrected chi connectivity index (χ1v) is 15.3. The molecule has 0 unspecified atom stereocenters. The fourth-order valence-electron chi connectivity index (χ4n) is 4.98. The first-order chi connectivity index (χ1) is 17.8. The molecule has 0 radical (unpaired) electrons. The van der Waals surface area contributed by atoms with Gasteiger partial charge in [0.1, 0.15) is 16.8 Å². The molecule has 0 spiro atoms. The molecular formula is C28H32N4O3S2. The van der Waals surface area contributed by atoms with E-state index in [2.05, 4.69) is 38.9 Å². The molecular weight excluding hydrogens is 504 g/mol. The molecule has 194 valence electrons. The van der Waals surface area contributed by atoms with E-state index in [1.807, 2.05) is 38.2 Å². The van der Waals surface area contributed by atoms with Gasteiger partial charge in [0.2, 0.25) is 10.0 Å². The van der Waals surface area contributed by atoms with Crippen molar-refractivity contribution in [3.8, 4) is 32.8 Å². The number of rotatable bonds is 10. The zero-order valence-corrected chi connectivity index (χ0v) is 22.9. The van der Waals surface area contributed by atoms with Gasteiger partial charge in [0.05, 0.1) is 22.3 Å². The minimum Gasteiger partial charge on any atom is -0.490 e. The Bertz CT molecular complexity index is 1420. The number of fused-ring (bicyclic) bond motifs is 1. The van der Waals surface area contributed by atoms with Gasteiger partial charge >= 0.3 is 0 Å². The second-order valence-electron chi connectivity index (χ2n) is 9.99. The number of nitrogens with zero attached hydrogens (tertiary/aromatic N) is 3. The van der Waals surface area contributed by atoms with Gasteiger partial charge in [0.15, 0.2) is 0 Å². The van der Waals surface area contributed by atoms with Gasteiger partial charge in [-0.3, -0.25) is 0 Å². The van der Waals surface area contributed by atoms with Crippen molar-refractivity contribution < 1.29 is 13.2 Å². The van der Waals surface area contributed by atoms with Gasteiger partial charge in [-0.15, -0.1) is 11.3 Å². The molecule has 1 atom stereocenters. The summed E-state index contributed by atoms with van der Waals surface area (Å²) in [6, 6.07) is 14.1. The lowest BCUT2D eigenvalue weighted by Crippen LogP contribution is -2.42. The average molecular weight is 537 g/mol. The summed E-state index contributed by atoms with van der Waals surface area (Å²) in [7, 11) is -3.28. The van der Waals surface area contributed by atoms with E-state index in [4.69, 9.17) is 4.74 Å². The molecule has 1 N–H and O–H groups in total. The largest absolute Gasteiger partial charge is 0.490 e. The minimum atomic E-state index is -3.28. The molecule has 2 aliphatic rings. The van der Waals surface area contributed by atoms with Gasteiger partial charge in [-0.2, -0.15) is 5.26 Å². The molecule has 1 aliphatic carbocycles. The van der Waals surface area contributed by atoms with Gasteiger partial charge in [-0.05, 0) is 87.0 Å². The van der Waals surface area contributed by atoms with E-state index in [-0.39, 0.29) is 17.8 Å². The minimum absolute atomic E-state index is 0.00550. The maximum Gasteiger partial charge on any atom is 0.212 e. The van der Waals surface area contributed by atoms with Crippen LogP contribution >= 0.6 is 11.3 Å². The first kappa shape index (κ1) is 25.9. The summed E-state index contributed by atoms with van der Waals surface area (Å²) in [6.07, 6.45) is 4.89. The topological polar surface area (TPSA) is 95.3 Å². The summed E-state index contributed by atoms with van der Waals surface area (Å²) in [5.41, 5.74) is 5.05. The van der Waals surface area contributed by atoms with E-state index in [1.54, 1.807) is 11.3 Å². The second kappa shape index (κ2) is 10.9. The Morgan fingerprint density at radius 3 is 2.84 bits per heavy atom. The molecule has 1 saturated heterocycles. The van der Waals surface area contributed by atoms with E-state index in [0.717, 1.165) is 53.4 Å². The Hall–Kier alpha value is -2.77. The van der Waals surface area contributed by atoms with Crippen molar-refractivity contribution in [1.29, 1.82) is 5.26 Å². The molecule has 0 amide bonds. The second-order valence-corrected chi connectivity index (χ2v) is 12.9. The number of hydrogen-bond acceptors (Lipinski definition) is 7. The highest BCUT2D eigenvalue weighted by atomic mass is 32.2. The lowest BCUT2D eigenvalue weighted by Gasteiger charge is -2.30. The highest BCUT2D eigenvalue weighted by Gasteiger charge is 2.27. The Labute approximate surface area is 223 Å². The van der Waals surface area contributed by atoms with E-state index < -0.39 is 10.0 Å². The van der Waals surface area contributed by atoms with Crippen LogP contribution in [-0.2, 0) is 16.4 Å². The molecule has 0 saturated carbocycles. The van der Waals surface area contributed by atoms with Crippen molar-refractivity contribution in [2.45, 2.75) is 45.1 Å². The summed E-state index contributed by atoms with van der Waals surface area (Å²) in [5.74, 6) is 0.919.